The van der Waals surface area contributed by atoms with Gasteiger partial charge in [0.1, 0.15) is 5.82 Å². The number of likely N-dealkylation sites (N-methyl/N-ethyl adjacent to an activating group) is 1. The first kappa shape index (κ1) is 16.6. The quantitative estimate of drug-likeness (QED) is 0.882. The Morgan fingerprint density at radius 1 is 1.41 bits per heavy atom. The van der Waals surface area contributed by atoms with Crippen molar-refractivity contribution in [2.24, 2.45) is 7.05 Å². The summed E-state index contributed by atoms with van der Waals surface area (Å²) in [5, 5.41) is 7.18. The zero-order valence-electron chi connectivity index (χ0n) is 13.2. The molecule has 0 saturated carbocycles. The van der Waals surface area contributed by atoms with Gasteiger partial charge in [0.15, 0.2) is 0 Å². The maximum Gasteiger partial charge on any atom is 0.239 e. The summed E-state index contributed by atoms with van der Waals surface area (Å²) < 4.78 is 2.75. The minimum atomic E-state index is -0.0866. The highest BCUT2D eigenvalue weighted by Crippen LogP contribution is 2.14. The van der Waals surface area contributed by atoms with Crippen LogP contribution in [0.2, 0.25) is 0 Å². The van der Waals surface area contributed by atoms with Crippen LogP contribution in [0.1, 0.15) is 17.0 Å². The summed E-state index contributed by atoms with van der Waals surface area (Å²) in [6.07, 6.45) is 1.65. The number of carbonyl (C=O) groups excluding carboxylic acids is 1. The van der Waals surface area contributed by atoms with Crippen LogP contribution in [-0.2, 0) is 18.4 Å². The van der Waals surface area contributed by atoms with Crippen LogP contribution in [-0.4, -0.2) is 39.2 Å². The molecule has 2 aromatic rings. The molecule has 0 aromatic carbocycles. The predicted octanol–water partition coefficient (Wildman–Crippen LogP) is 2.26. The molecule has 0 unspecified atom stereocenters. The summed E-state index contributed by atoms with van der Waals surface area (Å²) in [6.45, 7) is 5.01. The minimum Gasteiger partial charge on any atom is -0.310 e. The van der Waals surface area contributed by atoms with Crippen LogP contribution in [0.15, 0.2) is 22.8 Å². The Bertz CT molecular complexity index is 665. The normalized spacial score (nSPS) is 11.0. The number of amides is 1. The van der Waals surface area contributed by atoms with Crippen molar-refractivity contribution in [2.45, 2.75) is 20.4 Å². The van der Waals surface area contributed by atoms with Crippen molar-refractivity contribution >= 4 is 27.7 Å². The fraction of sp³-hybridized carbons (Fsp3) is 0.400. The van der Waals surface area contributed by atoms with E-state index in [9.17, 15) is 4.79 Å². The Hall–Kier alpha value is -1.73. The van der Waals surface area contributed by atoms with Gasteiger partial charge >= 0.3 is 0 Å². The third-order valence-corrected chi connectivity index (χ3v) is 3.96. The van der Waals surface area contributed by atoms with Gasteiger partial charge in [0.25, 0.3) is 0 Å². The first-order valence-electron chi connectivity index (χ1n) is 6.96. The van der Waals surface area contributed by atoms with Gasteiger partial charge in [-0.3, -0.25) is 14.4 Å². The molecular formula is C15H20BrN5O. The highest BCUT2D eigenvalue weighted by molar-refractivity contribution is 9.10. The van der Waals surface area contributed by atoms with Gasteiger partial charge < -0.3 is 5.32 Å². The van der Waals surface area contributed by atoms with Gasteiger partial charge in [-0.25, -0.2) is 4.98 Å². The van der Waals surface area contributed by atoms with Crippen molar-refractivity contribution in [3.05, 3.63) is 39.8 Å². The summed E-state index contributed by atoms with van der Waals surface area (Å²) in [6, 6.07) is 3.60. The Labute approximate surface area is 138 Å². The molecule has 6 nitrogen and oxygen atoms in total. The van der Waals surface area contributed by atoms with Gasteiger partial charge in [-0.15, -0.1) is 0 Å². The van der Waals surface area contributed by atoms with Crippen molar-refractivity contribution in [3.8, 4) is 0 Å². The zero-order chi connectivity index (χ0) is 16.3. The number of carbonyl (C=O) groups is 1. The number of rotatable bonds is 5. The second kappa shape index (κ2) is 7.02. The highest BCUT2D eigenvalue weighted by atomic mass is 79.9. The van der Waals surface area contributed by atoms with Crippen molar-refractivity contribution in [1.82, 2.24) is 19.7 Å². The van der Waals surface area contributed by atoms with Crippen LogP contribution in [0, 0.1) is 13.8 Å². The molecule has 0 atom stereocenters. The van der Waals surface area contributed by atoms with Crippen LogP contribution in [0.4, 0.5) is 5.82 Å². The molecular weight excluding hydrogens is 346 g/mol. The maximum absolute atomic E-state index is 12.0. The fourth-order valence-electron chi connectivity index (χ4n) is 2.25. The van der Waals surface area contributed by atoms with E-state index in [4.69, 9.17) is 0 Å². The highest BCUT2D eigenvalue weighted by Gasteiger charge is 2.14. The number of aryl methyl sites for hydroxylation is 2. The molecule has 1 amide bonds. The Kier molecular flexibility index (Phi) is 5.31. The van der Waals surface area contributed by atoms with Crippen molar-refractivity contribution in [1.29, 1.82) is 0 Å². The summed E-state index contributed by atoms with van der Waals surface area (Å²) in [5.41, 5.74) is 3.29. The van der Waals surface area contributed by atoms with Crippen LogP contribution >= 0.6 is 15.9 Å². The Morgan fingerprint density at radius 3 is 2.68 bits per heavy atom. The second-order valence-corrected chi connectivity index (χ2v) is 6.27. The number of nitrogens with zero attached hydrogens (tertiary/aromatic N) is 4. The molecule has 2 heterocycles. The number of nitrogens with one attached hydrogen (secondary N) is 1. The van der Waals surface area contributed by atoms with E-state index < -0.39 is 0 Å². The molecule has 0 fully saturated rings. The molecule has 0 aliphatic carbocycles. The van der Waals surface area contributed by atoms with Gasteiger partial charge in [-0.05, 0) is 49.0 Å². The summed E-state index contributed by atoms with van der Waals surface area (Å²) >= 11 is 3.31. The van der Waals surface area contributed by atoms with E-state index in [0.717, 1.165) is 15.9 Å². The SMILES string of the molecule is Cc1nn(C)c(C)c1CN(C)CC(=O)Nc1ccc(Br)cn1. The van der Waals surface area contributed by atoms with E-state index in [-0.39, 0.29) is 5.91 Å². The lowest BCUT2D eigenvalue weighted by molar-refractivity contribution is -0.117. The summed E-state index contributed by atoms with van der Waals surface area (Å²) in [5.74, 6) is 0.465. The molecule has 0 radical (unpaired) electrons. The maximum atomic E-state index is 12.0. The van der Waals surface area contributed by atoms with Gasteiger partial charge in [0.2, 0.25) is 5.91 Å². The monoisotopic (exact) mass is 365 g/mol. The van der Waals surface area contributed by atoms with E-state index in [1.807, 2.05) is 43.6 Å². The molecule has 0 bridgehead atoms. The third kappa shape index (κ3) is 4.14. The van der Waals surface area contributed by atoms with Crippen LogP contribution < -0.4 is 5.32 Å². The lowest BCUT2D eigenvalue weighted by atomic mass is 10.2. The fourth-order valence-corrected chi connectivity index (χ4v) is 2.48. The Morgan fingerprint density at radius 2 is 2.14 bits per heavy atom. The number of aromatic nitrogens is 3. The minimum absolute atomic E-state index is 0.0866. The first-order chi connectivity index (χ1) is 10.4. The largest absolute Gasteiger partial charge is 0.310 e. The first-order valence-corrected chi connectivity index (χ1v) is 7.75. The smallest absolute Gasteiger partial charge is 0.239 e. The van der Waals surface area contributed by atoms with E-state index in [2.05, 4.69) is 31.3 Å². The van der Waals surface area contributed by atoms with Crippen LogP contribution in [0.3, 0.4) is 0 Å². The average Bonchev–Trinajstić information content (AvgIpc) is 2.68. The van der Waals surface area contributed by atoms with E-state index in [1.54, 1.807) is 12.3 Å². The van der Waals surface area contributed by atoms with Gasteiger partial charge in [0.05, 0.1) is 12.2 Å². The molecule has 0 saturated heterocycles. The molecule has 2 rings (SSSR count). The number of pyridine rings is 1. The molecule has 0 aliphatic rings. The lowest BCUT2D eigenvalue weighted by Crippen LogP contribution is -2.30. The lowest BCUT2D eigenvalue weighted by Gasteiger charge is -2.16. The summed E-state index contributed by atoms with van der Waals surface area (Å²) in [4.78, 5) is 18.1. The number of hydrogen-bond donors (Lipinski definition) is 1. The second-order valence-electron chi connectivity index (χ2n) is 5.36. The van der Waals surface area contributed by atoms with Crippen molar-refractivity contribution in [3.63, 3.8) is 0 Å². The molecule has 118 valence electrons. The molecule has 0 spiro atoms. The average molecular weight is 366 g/mol. The Balaban J connectivity index is 1.92. The number of anilines is 1. The number of hydrogen-bond acceptors (Lipinski definition) is 4. The summed E-state index contributed by atoms with van der Waals surface area (Å²) in [7, 11) is 3.85. The van der Waals surface area contributed by atoms with Crippen molar-refractivity contribution in [2.75, 3.05) is 18.9 Å². The van der Waals surface area contributed by atoms with Gasteiger partial charge in [-0.2, -0.15) is 5.10 Å². The zero-order valence-corrected chi connectivity index (χ0v) is 14.8. The third-order valence-electron chi connectivity index (χ3n) is 3.50. The molecule has 2 aromatic heterocycles. The van der Waals surface area contributed by atoms with Crippen LogP contribution in [0.5, 0.6) is 0 Å². The van der Waals surface area contributed by atoms with E-state index in [0.29, 0.717) is 18.9 Å². The standard InChI is InChI=1S/C15H20BrN5O/c1-10-13(11(2)21(4)19-10)8-20(3)9-15(22)18-14-6-5-12(16)7-17-14/h5-7H,8-9H2,1-4H3,(H,17,18,22). The molecule has 1 N–H and O–H groups in total. The van der Waals surface area contributed by atoms with Gasteiger partial charge in [-0.1, -0.05) is 0 Å². The number of halogens is 1. The van der Waals surface area contributed by atoms with Crippen LogP contribution in [0.25, 0.3) is 0 Å². The molecule has 7 heteroatoms. The predicted molar refractivity (Wildman–Crippen MR) is 89.6 cm³/mol. The molecule has 22 heavy (non-hydrogen) atoms. The van der Waals surface area contributed by atoms with E-state index >= 15 is 0 Å². The molecule has 0 aliphatic heterocycles. The topological polar surface area (TPSA) is 63.1 Å². The van der Waals surface area contributed by atoms with Crippen molar-refractivity contribution < 1.29 is 4.79 Å². The van der Waals surface area contributed by atoms with E-state index in [1.165, 1.54) is 5.56 Å². The van der Waals surface area contributed by atoms with Gasteiger partial charge in [0, 0.05) is 35.5 Å².